The smallest absolute Gasteiger partial charge is 0.317 e. The maximum Gasteiger partial charge on any atom is 0.317 e. The number of aryl methyl sites for hydroxylation is 1. The number of nitrogens with zero attached hydrogens (tertiary/aromatic N) is 1. The third-order valence-corrected chi connectivity index (χ3v) is 3.84. The minimum atomic E-state index is -0.441. The van der Waals surface area contributed by atoms with Crippen molar-refractivity contribution in [3.05, 3.63) is 35.4 Å². The molecule has 0 aliphatic carbocycles. The molecule has 1 aromatic rings. The van der Waals surface area contributed by atoms with Crippen LogP contribution in [-0.2, 0) is 16.0 Å². The summed E-state index contributed by atoms with van der Waals surface area (Å²) in [5.41, 5.74) is 2.97. The number of esters is 1. The molecule has 1 aromatic carbocycles. The number of ether oxygens (including phenoxy) is 1. The van der Waals surface area contributed by atoms with Crippen molar-refractivity contribution in [3.8, 4) is 0 Å². The van der Waals surface area contributed by atoms with E-state index in [9.17, 15) is 4.79 Å². The van der Waals surface area contributed by atoms with Gasteiger partial charge in [-0.1, -0.05) is 31.2 Å². The molecule has 0 saturated heterocycles. The lowest BCUT2D eigenvalue weighted by molar-refractivity contribution is -0.146. The highest BCUT2D eigenvalue weighted by Crippen LogP contribution is 2.28. The van der Waals surface area contributed by atoms with Crippen molar-refractivity contribution < 1.29 is 9.53 Å². The number of nitrogens with one attached hydrogen (secondary N) is 1. The predicted molar refractivity (Wildman–Crippen MR) is 87.5 cm³/mol. The molecule has 0 spiro atoms. The summed E-state index contributed by atoms with van der Waals surface area (Å²) in [6.45, 7) is 6.09. The van der Waals surface area contributed by atoms with Gasteiger partial charge in [0.05, 0.1) is 12.6 Å². The van der Waals surface area contributed by atoms with Crippen LogP contribution >= 0.6 is 12.2 Å². The van der Waals surface area contributed by atoms with Crippen LogP contribution in [0.25, 0.3) is 0 Å². The molecule has 0 saturated carbocycles. The van der Waals surface area contributed by atoms with Crippen LogP contribution in [0.15, 0.2) is 29.3 Å². The minimum Gasteiger partial charge on any atom is -0.465 e. The highest BCUT2D eigenvalue weighted by atomic mass is 32.1. The van der Waals surface area contributed by atoms with Gasteiger partial charge in [-0.05, 0) is 43.6 Å². The van der Waals surface area contributed by atoms with Gasteiger partial charge in [0.1, 0.15) is 5.92 Å². The monoisotopic (exact) mass is 304 g/mol. The van der Waals surface area contributed by atoms with Gasteiger partial charge in [0.15, 0.2) is 5.11 Å². The zero-order chi connectivity index (χ0) is 15.4. The van der Waals surface area contributed by atoms with Gasteiger partial charge in [-0.25, -0.2) is 4.99 Å². The summed E-state index contributed by atoms with van der Waals surface area (Å²) < 4.78 is 5.18. The van der Waals surface area contributed by atoms with Crippen LogP contribution in [-0.4, -0.2) is 23.4 Å². The van der Waals surface area contributed by atoms with Crippen molar-refractivity contribution in [2.45, 2.75) is 33.2 Å². The third-order valence-electron chi connectivity index (χ3n) is 3.63. The first-order valence-corrected chi connectivity index (χ1v) is 7.58. The van der Waals surface area contributed by atoms with E-state index >= 15 is 0 Å². The van der Waals surface area contributed by atoms with Gasteiger partial charge in [0, 0.05) is 5.71 Å². The van der Waals surface area contributed by atoms with Gasteiger partial charge in [-0.3, -0.25) is 4.79 Å². The summed E-state index contributed by atoms with van der Waals surface area (Å²) in [6, 6.07) is 7.99. The Labute approximate surface area is 130 Å². The summed E-state index contributed by atoms with van der Waals surface area (Å²) in [4.78, 5) is 16.4. The highest BCUT2D eigenvalue weighted by Gasteiger charge is 2.36. The van der Waals surface area contributed by atoms with E-state index in [-0.39, 0.29) is 12.0 Å². The lowest BCUT2D eigenvalue weighted by atomic mass is 9.88. The molecule has 0 radical (unpaired) electrons. The number of benzene rings is 1. The Hall–Kier alpha value is -1.75. The lowest BCUT2D eigenvalue weighted by Gasteiger charge is -2.31. The Morgan fingerprint density at radius 3 is 2.57 bits per heavy atom. The normalized spacial score (nSPS) is 21.5. The third kappa shape index (κ3) is 3.47. The largest absolute Gasteiger partial charge is 0.465 e. The average Bonchev–Trinajstić information content (AvgIpc) is 2.46. The maximum absolute atomic E-state index is 12.2. The van der Waals surface area contributed by atoms with Gasteiger partial charge in [-0.2, -0.15) is 0 Å². The first-order valence-electron chi connectivity index (χ1n) is 7.18. The molecule has 2 atom stereocenters. The SMILES string of the molecule is CCOC(=O)C1C(C)=NC(=S)NC1c1ccc(CC)cc1. The molecule has 0 aromatic heterocycles. The number of hydrogen-bond acceptors (Lipinski definition) is 3. The molecule has 2 rings (SSSR count). The number of rotatable bonds is 4. The second-order valence-electron chi connectivity index (χ2n) is 5.01. The number of thiocarbonyl (C=S) groups is 1. The van der Waals surface area contributed by atoms with Crippen molar-refractivity contribution >= 4 is 29.0 Å². The molecule has 2 unspecified atom stereocenters. The summed E-state index contributed by atoms with van der Waals surface area (Å²) in [5, 5.41) is 3.55. The highest BCUT2D eigenvalue weighted by molar-refractivity contribution is 7.80. The molecule has 1 aliphatic rings. The molecule has 0 fully saturated rings. The molecule has 0 amide bonds. The maximum atomic E-state index is 12.2. The van der Waals surface area contributed by atoms with E-state index in [0.29, 0.717) is 17.4 Å². The zero-order valence-electron chi connectivity index (χ0n) is 12.6. The molecule has 1 heterocycles. The molecule has 4 nitrogen and oxygen atoms in total. The van der Waals surface area contributed by atoms with E-state index in [0.717, 1.165) is 12.0 Å². The summed E-state index contributed by atoms with van der Waals surface area (Å²) in [7, 11) is 0. The quantitative estimate of drug-likeness (QED) is 0.686. The van der Waals surface area contributed by atoms with Crippen molar-refractivity contribution in [2.24, 2.45) is 10.9 Å². The first kappa shape index (κ1) is 15.6. The van der Waals surface area contributed by atoms with E-state index in [1.807, 2.05) is 19.1 Å². The van der Waals surface area contributed by atoms with Gasteiger partial charge in [0.2, 0.25) is 0 Å². The Balaban J connectivity index is 2.34. The summed E-state index contributed by atoms with van der Waals surface area (Å²) in [5.74, 6) is -0.706. The molecule has 1 aliphatic heterocycles. The van der Waals surface area contributed by atoms with E-state index in [4.69, 9.17) is 17.0 Å². The number of carbonyl (C=O) groups is 1. The van der Waals surface area contributed by atoms with Gasteiger partial charge in [-0.15, -0.1) is 0 Å². The van der Waals surface area contributed by atoms with Crippen LogP contribution in [0.4, 0.5) is 0 Å². The van der Waals surface area contributed by atoms with Crippen molar-refractivity contribution in [1.82, 2.24) is 5.32 Å². The molecular weight excluding hydrogens is 284 g/mol. The second kappa shape index (κ2) is 6.80. The van der Waals surface area contributed by atoms with Crippen LogP contribution in [0.5, 0.6) is 0 Å². The van der Waals surface area contributed by atoms with Crippen molar-refractivity contribution in [1.29, 1.82) is 0 Å². The molecular formula is C16H20N2O2S. The van der Waals surface area contributed by atoms with E-state index < -0.39 is 5.92 Å². The van der Waals surface area contributed by atoms with Crippen LogP contribution in [0.1, 0.15) is 37.9 Å². The summed E-state index contributed by atoms with van der Waals surface area (Å²) >= 11 is 5.16. The van der Waals surface area contributed by atoms with Crippen LogP contribution in [0.3, 0.4) is 0 Å². The molecule has 5 heteroatoms. The van der Waals surface area contributed by atoms with Crippen LogP contribution < -0.4 is 5.32 Å². The number of carbonyl (C=O) groups excluding carboxylic acids is 1. The fourth-order valence-corrected chi connectivity index (χ4v) is 2.77. The number of hydrogen-bond donors (Lipinski definition) is 1. The van der Waals surface area contributed by atoms with Crippen LogP contribution in [0, 0.1) is 5.92 Å². The first-order chi connectivity index (χ1) is 10.1. The average molecular weight is 304 g/mol. The fourth-order valence-electron chi connectivity index (χ4n) is 2.49. The molecule has 0 bridgehead atoms. The topological polar surface area (TPSA) is 50.7 Å². The van der Waals surface area contributed by atoms with E-state index in [1.165, 1.54) is 5.56 Å². The van der Waals surface area contributed by atoms with Gasteiger partial charge >= 0.3 is 5.97 Å². The van der Waals surface area contributed by atoms with Gasteiger partial charge in [0.25, 0.3) is 0 Å². The van der Waals surface area contributed by atoms with Crippen molar-refractivity contribution in [3.63, 3.8) is 0 Å². The summed E-state index contributed by atoms with van der Waals surface area (Å²) in [6.07, 6.45) is 0.985. The minimum absolute atomic E-state index is 0.222. The Morgan fingerprint density at radius 2 is 2.00 bits per heavy atom. The van der Waals surface area contributed by atoms with E-state index in [1.54, 1.807) is 6.92 Å². The molecule has 112 valence electrons. The Bertz CT molecular complexity index is 566. The second-order valence-corrected chi connectivity index (χ2v) is 5.39. The van der Waals surface area contributed by atoms with E-state index in [2.05, 4.69) is 29.4 Å². The Morgan fingerprint density at radius 1 is 1.33 bits per heavy atom. The fraction of sp³-hybridized carbons (Fsp3) is 0.438. The molecule has 21 heavy (non-hydrogen) atoms. The molecule has 1 N–H and O–H groups in total. The van der Waals surface area contributed by atoms with Crippen molar-refractivity contribution in [2.75, 3.05) is 6.61 Å². The van der Waals surface area contributed by atoms with Gasteiger partial charge < -0.3 is 10.1 Å². The van der Waals surface area contributed by atoms with Crippen LogP contribution in [0.2, 0.25) is 0 Å². The lowest BCUT2D eigenvalue weighted by Crippen LogP contribution is -2.44. The zero-order valence-corrected chi connectivity index (χ0v) is 13.4. The number of aliphatic imine (C=N–C) groups is 1. The standard InChI is InChI=1S/C16H20N2O2S/c1-4-11-6-8-12(9-7-11)14-13(15(19)20-5-2)10(3)17-16(21)18-14/h6-9,13-14H,4-5H2,1-3H3,(H,18,21). The predicted octanol–water partition coefficient (Wildman–Crippen LogP) is 2.82. The Kier molecular flexibility index (Phi) is 5.07.